The predicted octanol–water partition coefficient (Wildman–Crippen LogP) is 4.34. The number of hydrogen-bond acceptors (Lipinski definition) is 5. The van der Waals surface area contributed by atoms with Crippen LogP contribution < -0.4 is 15.8 Å². The second kappa shape index (κ2) is 10.2. The van der Waals surface area contributed by atoms with E-state index in [-0.39, 0.29) is 11.3 Å². The number of benzene rings is 2. The molecule has 0 aliphatic heterocycles. The maximum atomic E-state index is 11.4. The van der Waals surface area contributed by atoms with Crippen LogP contribution in [0.4, 0.5) is 0 Å². The highest BCUT2D eigenvalue weighted by molar-refractivity contribution is 5.95. The van der Waals surface area contributed by atoms with Crippen LogP contribution in [0.15, 0.2) is 42.5 Å². The molecule has 0 spiro atoms. The molecule has 188 valence electrons. The summed E-state index contributed by atoms with van der Waals surface area (Å²) in [4.78, 5) is 11.4. The molecule has 4 saturated carbocycles. The molecule has 2 aromatic carbocycles. The quantitative estimate of drug-likeness (QED) is 0.360. The van der Waals surface area contributed by atoms with Gasteiger partial charge in [0.15, 0.2) is 0 Å². The molecule has 4 aliphatic rings. The second-order valence-electron chi connectivity index (χ2n) is 11.3. The van der Waals surface area contributed by atoms with Gasteiger partial charge in [0.25, 0.3) is 5.91 Å². The van der Waals surface area contributed by atoms with Crippen molar-refractivity contribution >= 4 is 5.91 Å². The van der Waals surface area contributed by atoms with Crippen LogP contribution in [0.25, 0.3) is 0 Å². The Morgan fingerprint density at radius 1 is 1.06 bits per heavy atom. The maximum absolute atomic E-state index is 11.4. The lowest BCUT2D eigenvalue weighted by Crippen LogP contribution is -2.46. The first-order valence-electron chi connectivity index (χ1n) is 13.1. The van der Waals surface area contributed by atoms with Gasteiger partial charge in [0, 0.05) is 6.54 Å². The molecule has 0 saturated heterocycles. The molecule has 6 nitrogen and oxygen atoms in total. The summed E-state index contributed by atoms with van der Waals surface area (Å²) in [5, 5.41) is 23.3. The second-order valence-corrected chi connectivity index (χ2v) is 11.3. The number of amides is 1. The van der Waals surface area contributed by atoms with Crippen LogP contribution in [0.3, 0.4) is 0 Å². The Hall–Kier alpha value is -2.57. The molecule has 2 aromatic rings. The number of carbonyl (C=O) groups excluding carboxylic acids is 1. The number of primary amides is 1. The fraction of sp³-hybridized carbons (Fsp3) is 0.552. The molecule has 6 heteroatoms. The van der Waals surface area contributed by atoms with E-state index in [1.807, 2.05) is 0 Å². The van der Waals surface area contributed by atoms with E-state index in [0.717, 1.165) is 36.5 Å². The minimum atomic E-state index is -0.793. The topological polar surface area (TPSA) is 105 Å². The third-order valence-corrected chi connectivity index (χ3v) is 8.59. The van der Waals surface area contributed by atoms with Crippen LogP contribution in [-0.2, 0) is 6.42 Å². The Morgan fingerprint density at radius 2 is 1.71 bits per heavy atom. The Kier molecular flexibility index (Phi) is 7.03. The van der Waals surface area contributed by atoms with E-state index in [9.17, 15) is 15.0 Å². The molecule has 0 aromatic heterocycles. The standard InChI is InChI=1S/C29H38N2O4/c30-28(34)25-14-23(3-6-26(25)32)27(33)18-31-9-7-19-1-4-24(5-2-19)35-10-8-29-15-20-11-21(16-29)13-22(12-20)17-29/h1-6,14,20-22,27,31-33H,7-13,15-18H2,(H2,30,34)/t20?,21?,22?,27-,29?/m0/s1. The van der Waals surface area contributed by atoms with Gasteiger partial charge >= 0.3 is 0 Å². The first-order valence-corrected chi connectivity index (χ1v) is 13.1. The van der Waals surface area contributed by atoms with E-state index in [0.29, 0.717) is 24.1 Å². The zero-order chi connectivity index (χ0) is 24.4. The normalized spacial score (nSPS) is 27.6. The van der Waals surface area contributed by atoms with E-state index >= 15 is 0 Å². The van der Waals surface area contributed by atoms with Crippen molar-refractivity contribution in [2.75, 3.05) is 19.7 Å². The van der Waals surface area contributed by atoms with Crippen LogP contribution in [0.5, 0.6) is 11.5 Å². The Labute approximate surface area is 207 Å². The van der Waals surface area contributed by atoms with Gasteiger partial charge in [-0.2, -0.15) is 0 Å². The molecule has 4 fully saturated rings. The van der Waals surface area contributed by atoms with Crippen molar-refractivity contribution in [2.45, 2.75) is 57.5 Å². The molecule has 0 radical (unpaired) electrons. The fourth-order valence-electron chi connectivity index (χ4n) is 7.28. The summed E-state index contributed by atoms with van der Waals surface area (Å²) in [6.07, 6.45) is 10.0. The number of nitrogens with one attached hydrogen (secondary N) is 1. The smallest absolute Gasteiger partial charge is 0.252 e. The van der Waals surface area contributed by atoms with E-state index < -0.39 is 12.0 Å². The number of rotatable bonds is 11. The highest BCUT2D eigenvalue weighted by Crippen LogP contribution is 2.61. The summed E-state index contributed by atoms with van der Waals surface area (Å²) in [6.45, 7) is 1.87. The number of hydrogen-bond donors (Lipinski definition) is 4. The molecule has 1 atom stereocenters. The van der Waals surface area contributed by atoms with E-state index in [2.05, 4.69) is 29.6 Å². The summed E-state index contributed by atoms with van der Waals surface area (Å²) in [7, 11) is 0. The Balaban J connectivity index is 1.02. The Bertz CT molecular complexity index is 1000. The zero-order valence-corrected chi connectivity index (χ0v) is 20.4. The molecule has 35 heavy (non-hydrogen) atoms. The van der Waals surface area contributed by atoms with Crippen molar-refractivity contribution in [2.24, 2.45) is 28.9 Å². The van der Waals surface area contributed by atoms with Gasteiger partial charge in [-0.1, -0.05) is 18.2 Å². The first-order chi connectivity index (χ1) is 16.9. The lowest BCUT2D eigenvalue weighted by molar-refractivity contribution is -0.0622. The van der Waals surface area contributed by atoms with Gasteiger partial charge in [-0.3, -0.25) is 4.79 Å². The fourth-order valence-corrected chi connectivity index (χ4v) is 7.28. The summed E-state index contributed by atoms with van der Waals surface area (Å²) in [6, 6.07) is 12.7. The van der Waals surface area contributed by atoms with Crippen molar-refractivity contribution in [3.63, 3.8) is 0 Å². The monoisotopic (exact) mass is 478 g/mol. The molecule has 4 bridgehead atoms. The van der Waals surface area contributed by atoms with Gasteiger partial charge in [0.2, 0.25) is 0 Å². The molecular formula is C29H38N2O4. The number of phenols is 1. The van der Waals surface area contributed by atoms with Gasteiger partial charge in [-0.05, 0) is 116 Å². The molecule has 6 rings (SSSR count). The van der Waals surface area contributed by atoms with Crippen LogP contribution >= 0.6 is 0 Å². The SMILES string of the molecule is NC(=O)c1cc([C@@H](O)CNCCc2ccc(OCCC34CC5CC(CC(C5)C3)C4)cc2)ccc1O. The lowest BCUT2D eigenvalue weighted by Gasteiger charge is -2.57. The predicted molar refractivity (Wildman–Crippen MR) is 135 cm³/mol. The van der Waals surface area contributed by atoms with Gasteiger partial charge in [-0.15, -0.1) is 0 Å². The number of aromatic hydroxyl groups is 1. The molecular weight excluding hydrogens is 440 g/mol. The average molecular weight is 479 g/mol. The first kappa shape index (κ1) is 24.1. The van der Waals surface area contributed by atoms with Crippen LogP contribution in [0, 0.1) is 23.2 Å². The third-order valence-electron chi connectivity index (χ3n) is 8.59. The minimum absolute atomic E-state index is 0.0155. The largest absolute Gasteiger partial charge is 0.507 e. The highest BCUT2D eigenvalue weighted by Gasteiger charge is 2.50. The number of ether oxygens (including phenoxy) is 1. The van der Waals surface area contributed by atoms with Gasteiger partial charge in [-0.25, -0.2) is 0 Å². The van der Waals surface area contributed by atoms with Crippen molar-refractivity contribution in [3.8, 4) is 11.5 Å². The van der Waals surface area contributed by atoms with Crippen molar-refractivity contribution < 1.29 is 19.7 Å². The molecule has 0 unspecified atom stereocenters. The van der Waals surface area contributed by atoms with Crippen molar-refractivity contribution in [1.29, 1.82) is 0 Å². The van der Waals surface area contributed by atoms with Crippen LogP contribution in [0.1, 0.15) is 72.5 Å². The summed E-state index contributed by atoms with van der Waals surface area (Å²) in [5.74, 6) is 3.02. The van der Waals surface area contributed by atoms with Gasteiger partial charge in [0.1, 0.15) is 11.5 Å². The van der Waals surface area contributed by atoms with E-state index in [1.54, 1.807) is 6.07 Å². The molecule has 5 N–H and O–H groups in total. The molecule has 0 heterocycles. The summed E-state index contributed by atoms with van der Waals surface area (Å²) < 4.78 is 6.14. The average Bonchev–Trinajstić information content (AvgIpc) is 2.82. The zero-order valence-electron chi connectivity index (χ0n) is 20.4. The molecule has 4 aliphatic carbocycles. The van der Waals surface area contributed by atoms with Crippen LogP contribution in [0.2, 0.25) is 0 Å². The van der Waals surface area contributed by atoms with Gasteiger partial charge < -0.3 is 26.0 Å². The number of carbonyl (C=O) groups is 1. The lowest BCUT2D eigenvalue weighted by atomic mass is 9.49. The maximum Gasteiger partial charge on any atom is 0.252 e. The summed E-state index contributed by atoms with van der Waals surface area (Å²) >= 11 is 0. The van der Waals surface area contributed by atoms with Crippen LogP contribution in [-0.4, -0.2) is 35.8 Å². The Morgan fingerprint density at radius 3 is 2.34 bits per heavy atom. The number of nitrogens with two attached hydrogens (primary N) is 1. The molecule has 1 amide bonds. The van der Waals surface area contributed by atoms with E-state index in [1.165, 1.54) is 62.6 Å². The van der Waals surface area contributed by atoms with Crippen molar-refractivity contribution in [3.05, 3.63) is 59.2 Å². The third kappa shape index (κ3) is 5.65. The minimum Gasteiger partial charge on any atom is -0.507 e. The van der Waals surface area contributed by atoms with Gasteiger partial charge in [0.05, 0.1) is 18.3 Å². The number of aliphatic hydroxyl groups is 1. The van der Waals surface area contributed by atoms with E-state index in [4.69, 9.17) is 10.5 Å². The highest BCUT2D eigenvalue weighted by atomic mass is 16.5. The summed E-state index contributed by atoms with van der Waals surface area (Å²) in [5.41, 5.74) is 7.59. The number of aliphatic hydroxyl groups excluding tert-OH is 1. The van der Waals surface area contributed by atoms with Crippen molar-refractivity contribution in [1.82, 2.24) is 5.32 Å².